The largest absolute Gasteiger partial charge is 0.325 e. The molecule has 1 saturated heterocycles. The normalized spacial score (nSPS) is 28.0. The molecule has 3 atom stereocenters. The maximum atomic E-state index is 12.8. The molecule has 2 aliphatic heterocycles. The molecule has 110 valence electrons. The number of fused-ring (bicyclic) bond motifs is 2. The summed E-state index contributed by atoms with van der Waals surface area (Å²) in [5.41, 5.74) is 0. The van der Waals surface area contributed by atoms with E-state index >= 15 is 0 Å². The van der Waals surface area contributed by atoms with Crippen LogP contribution < -0.4 is 0 Å². The van der Waals surface area contributed by atoms with Crippen molar-refractivity contribution in [2.75, 3.05) is 0 Å². The molecule has 0 aliphatic carbocycles. The Hall–Kier alpha value is -1.95. The first-order valence-corrected chi connectivity index (χ1v) is 8.27. The Morgan fingerprint density at radius 1 is 1.24 bits per heavy atom. The minimum atomic E-state index is -3.58. The molecule has 2 aliphatic rings. The molecule has 1 amide bonds. The van der Waals surface area contributed by atoms with Gasteiger partial charge in [0.2, 0.25) is 5.91 Å². The lowest BCUT2D eigenvalue weighted by Crippen LogP contribution is -2.47. The third-order valence-corrected chi connectivity index (χ3v) is 6.31. The van der Waals surface area contributed by atoms with Crippen molar-refractivity contribution in [1.82, 2.24) is 4.90 Å². The summed E-state index contributed by atoms with van der Waals surface area (Å²) >= 11 is 0. The maximum Gasteiger partial charge on any atom is 0.220 e. The van der Waals surface area contributed by atoms with Crippen LogP contribution >= 0.6 is 0 Å². The first-order valence-electron chi connectivity index (χ1n) is 6.73. The Kier molecular flexibility index (Phi) is 3.20. The first kappa shape index (κ1) is 14.0. The molecule has 6 heteroatoms. The summed E-state index contributed by atoms with van der Waals surface area (Å²) in [5, 5.41) is -0.767. The molecule has 21 heavy (non-hydrogen) atoms. The van der Waals surface area contributed by atoms with Crippen LogP contribution in [-0.4, -0.2) is 42.3 Å². The van der Waals surface area contributed by atoms with E-state index in [2.05, 4.69) is 0 Å². The van der Waals surface area contributed by atoms with Crippen LogP contribution in [-0.2, 0) is 19.4 Å². The highest BCUT2D eigenvalue weighted by Crippen LogP contribution is 2.36. The summed E-state index contributed by atoms with van der Waals surface area (Å²) in [6.07, 6.45) is 3.10. The van der Waals surface area contributed by atoms with Gasteiger partial charge < -0.3 is 4.90 Å². The number of carbonyl (C=O) groups excluding carboxylic acids is 2. The number of benzene rings is 1. The van der Waals surface area contributed by atoms with Crippen LogP contribution in [0.3, 0.4) is 0 Å². The van der Waals surface area contributed by atoms with E-state index in [-0.39, 0.29) is 23.0 Å². The quantitative estimate of drug-likeness (QED) is 0.816. The van der Waals surface area contributed by atoms with Crippen LogP contribution in [0.4, 0.5) is 0 Å². The maximum absolute atomic E-state index is 12.8. The fourth-order valence-corrected chi connectivity index (χ4v) is 5.07. The van der Waals surface area contributed by atoms with Crippen molar-refractivity contribution in [3.05, 3.63) is 42.5 Å². The Bertz CT molecular complexity index is 723. The molecule has 2 heterocycles. The topological polar surface area (TPSA) is 71.5 Å². The van der Waals surface area contributed by atoms with Gasteiger partial charge in [0.1, 0.15) is 0 Å². The van der Waals surface area contributed by atoms with Gasteiger partial charge in [0.05, 0.1) is 22.2 Å². The zero-order valence-corrected chi connectivity index (χ0v) is 12.3. The van der Waals surface area contributed by atoms with Gasteiger partial charge in [-0.05, 0) is 24.6 Å². The third-order valence-electron chi connectivity index (χ3n) is 4.11. The van der Waals surface area contributed by atoms with Gasteiger partial charge in [0.25, 0.3) is 0 Å². The van der Waals surface area contributed by atoms with Crippen molar-refractivity contribution in [1.29, 1.82) is 0 Å². The van der Waals surface area contributed by atoms with E-state index in [9.17, 15) is 18.0 Å². The average molecular weight is 305 g/mol. The van der Waals surface area contributed by atoms with E-state index in [0.717, 1.165) is 0 Å². The number of ketones is 1. The van der Waals surface area contributed by atoms with Gasteiger partial charge in [0.15, 0.2) is 15.6 Å². The highest BCUT2D eigenvalue weighted by Gasteiger charge is 2.51. The summed E-state index contributed by atoms with van der Waals surface area (Å²) in [6.45, 7) is 1.37. The Morgan fingerprint density at radius 3 is 2.48 bits per heavy atom. The average Bonchev–Trinajstić information content (AvgIpc) is 2.78. The van der Waals surface area contributed by atoms with Crippen LogP contribution in [0.15, 0.2) is 47.4 Å². The van der Waals surface area contributed by atoms with E-state index in [0.29, 0.717) is 0 Å². The van der Waals surface area contributed by atoms with Crippen LogP contribution in [0, 0.1) is 0 Å². The van der Waals surface area contributed by atoms with Crippen molar-refractivity contribution < 1.29 is 18.0 Å². The first-order chi connectivity index (χ1) is 9.93. The molecule has 0 spiro atoms. The van der Waals surface area contributed by atoms with E-state index in [1.807, 2.05) is 0 Å². The lowest BCUT2D eigenvalue weighted by molar-refractivity contribution is -0.136. The molecular weight excluding hydrogens is 290 g/mol. The zero-order valence-electron chi connectivity index (χ0n) is 11.5. The third kappa shape index (κ3) is 2.10. The highest BCUT2D eigenvalue weighted by atomic mass is 32.2. The molecule has 1 aromatic carbocycles. The zero-order chi connectivity index (χ0) is 15.2. The van der Waals surface area contributed by atoms with Crippen LogP contribution in [0.1, 0.15) is 13.3 Å². The molecule has 1 aromatic rings. The lowest BCUT2D eigenvalue weighted by Gasteiger charge is -2.30. The van der Waals surface area contributed by atoms with Gasteiger partial charge in [-0.3, -0.25) is 9.59 Å². The monoisotopic (exact) mass is 305 g/mol. The van der Waals surface area contributed by atoms with E-state index in [1.165, 1.54) is 17.9 Å². The number of rotatable bonds is 2. The number of nitrogens with zero attached hydrogens (tertiary/aromatic N) is 1. The minimum absolute atomic E-state index is 0.160. The van der Waals surface area contributed by atoms with Gasteiger partial charge in [0, 0.05) is 6.92 Å². The molecule has 2 bridgehead atoms. The highest BCUT2D eigenvalue weighted by molar-refractivity contribution is 7.92. The Labute approximate surface area is 123 Å². The number of hydrogen-bond acceptors (Lipinski definition) is 4. The van der Waals surface area contributed by atoms with Crippen molar-refractivity contribution in [2.24, 2.45) is 0 Å². The molecule has 0 radical (unpaired) electrons. The number of amides is 1. The van der Waals surface area contributed by atoms with Gasteiger partial charge >= 0.3 is 0 Å². The second kappa shape index (κ2) is 4.80. The van der Waals surface area contributed by atoms with Gasteiger partial charge in [-0.1, -0.05) is 24.3 Å². The predicted molar refractivity (Wildman–Crippen MR) is 76.3 cm³/mol. The SMILES string of the molecule is CC(=O)N1[C@@H]2C[C@H](S(=O)(=O)c3ccccc3)[C@H]1C=CC2=O. The molecule has 0 saturated carbocycles. The number of carbonyl (C=O) groups is 2. The fraction of sp³-hybridized carbons (Fsp3) is 0.333. The summed E-state index contributed by atoms with van der Waals surface area (Å²) in [4.78, 5) is 25.3. The fourth-order valence-electron chi connectivity index (χ4n) is 3.16. The Morgan fingerprint density at radius 2 is 1.90 bits per heavy atom. The molecule has 3 rings (SSSR count). The molecule has 5 nitrogen and oxygen atoms in total. The summed E-state index contributed by atoms with van der Waals surface area (Å²) in [7, 11) is -3.58. The molecular formula is C15H15NO4S. The van der Waals surface area contributed by atoms with Crippen molar-refractivity contribution in [3.63, 3.8) is 0 Å². The molecule has 0 unspecified atom stereocenters. The minimum Gasteiger partial charge on any atom is -0.325 e. The lowest BCUT2D eigenvalue weighted by atomic mass is 10.1. The summed E-state index contributed by atoms with van der Waals surface area (Å²) < 4.78 is 25.5. The second-order valence-electron chi connectivity index (χ2n) is 5.33. The molecule has 0 N–H and O–H groups in total. The van der Waals surface area contributed by atoms with E-state index in [4.69, 9.17) is 0 Å². The number of sulfone groups is 1. The van der Waals surface area contributed by atoms with Crippen molar-refractivity contribution in [2.45, 2.75) is 35.6 Å². The standard InChI is InChI=1S/C15H15NO4S/c1-10(17)16-12-7-8-14(18)13(16)9-15(12)21(19,20)11-5-3-2-4-6-11/h2-8,12-13,15H,9H2,1H3/t12-,13-,15+/m1/s1. The summed E-state index contributed by atoms with van der Waals surface area (Å²) in [5.74, 6) is -0.472. The smallest absolute Gasteiger partial charge is 0.220 e. The predicted octanol–water partition coefficient (Wildman–Crippen LogP) is 0.957. The second-order valence-corrected chi connectivity index (χ2v) is 7.49. The van der Waals surface area contributed by atoms with Crippen LogP contribution in [0.5, 0.6) is 0 Å². The van der Waals surface area contributed by atoms with Gasteiger partial charge in [-0.25, -0.2) is 8.42 Å². The van der Waals surface area contributed by atoms with Crippen molar-refractivity contribution in [3.8, 4) is 0 Å². The Balaban J connectivity index is 2.04. The van der Waals surface area contributed by atoms with E-state index < -0.39 is 27.2 Å². The number of hydrogen-bond donors (Lipinski definition) is 0. The van der Waals surface area contributed by atoms with Gasteiger partial charge in [-0.15, -0.1) is 0 Å². The summed E-state index contributed by atoms with van der Waals surface area (Å²) in [6, 6.07) is 6.95. The van der Waals surface area contributed by atoms with Crippen LogP contribution in [0.2, 0.25) is 0 Å². The van der Waals surface area contributed by atoms with Crippen LogP contribution in [0.25, 0.3) is 0 Å². The van der Waals surface area contributed by atoms with Gasteiger partial charge in [-0.2, -0.15) is 0 Å². The molecule has 1 fully saturated rings. The van der Waals surface area contributed by atoms with E-state index in [1.54, 1.807) is 36.4 Å². The van der Waals surface area contributed by atoms with Crippen molar-refractivity contribution >= 4 is 21.5 Å². The molecule has 0 aromatic heterocycles.